The van der Waals surface area contributed by atoms with E-state index in [0.717, 1.165) is 17.0 Å². The first kappa shape index (κ1) is 14.7. The summed E-state index contributed by atoms with van der Waals surface area (Å²) in [6.45, 7) is 0.234. The van der Waals surface area contributed by atoms with Gasteiger partial charge in [0.15, 0.2) is 16.6 Å². The van der Waals surface area contributed by atoms with Crippen molar-refractivity contribution in [2.24, 2.45) is 0 Å². The number of anilines is 1. The van der Waals surface area contributed by atoms with Crippen molar-refractivity contribution < 1.29 is 14.3 Å². The van der Waals surface area contributed by atoms with Crippen molar-refractivity contribution in [1.29, 1.82) is 5.26 Å². The molecule has 0 aliphatic carbocycles. The van der Waals surface area contributed by atoms with Crippen LogP contribution in [-0.4, -0.2) is 29.2 Å². The van der Waals surface area contributed by atoms with E-state index in [4.69, 9.17) is 14.7 Å². The zero-order valence-electron chi connectivity index (χ0n) is 11.4. The van der Waals surface area contributed by atoms with Crippen LogP contribution in [0.4, 0.5) is 5.13 Å². The number of ether oxygens (including phenoxy) is 2. The van der Waals surface area contributed by atoms with Crippen LogP contribution in [0.25, 0.3) is 11.3 Å². The van der Waals surface area contributed by atoms with Gasteiger partial charge >= 0.3 is 0 Å². The number of thiazole rings is 1. The molecule has 1 aliphatic rings. The molecule has 0 saturated heterocycles. The molecule has 0 bridgehead atoms. The third-order valence-corrected chi connectivity index (χ3v) is 4.38. The van der Waals surface area contributed by atoms with E-state index in [1.165, 1.54) is 23.1 Å². The highest BCUT2D eigenvalue weighted by Gasteiger charge is 2.15. The maximum atomic E-state index is 11.7. The second-order valence-corrected chi connectivity index (χ2v) is 6.15. The molecular weight excluding hydrogens is 322 g/mol. The summed E-state index contributed by atoms with van der Waals surface area (Å²) in [4.78, 5) is 16.1. The number of thioether (sulfide) groups is 1. The summed E-state index contributed by atoms with van der Waals surface area (Å²) in [6, 6.07) is 7.59. The van der Waals surface area contributed by atoms with E-state index in [1.807, 2.05) is 29.6 Å². The van der Waals surface area contributed by atoms with Crippen LogP contribution < -0.4 is 14.8 Å². The van der Waals surface area contributed by atoms with Gasteiger partial charge in [-0.1, -0.05) is 0 Å². The number of amides is 1. The molecule has 0 unspecified atom stereocenters. The van der Waals surface area contributed by atoms with Crippen molar-refractivity contribution in [3.8, 4) is 28.8 Å². The molecule has 1 aliphatic heterocycles. The highest BCUT2D eigenvalue weighted by molar-refractivity contribution is 8.00. The molecule has 1 aromatic carbocycles. The van der Waals surface area contributed by atoms with Crippen molar-refractivity contribution >= 4 is 34.1 Å². The van der Waals surface area contributed by atoms with Crippen LogP contribution in [0.5, 0.6) is 11.5 Å². The molecule has 0 fully saturated rings. The van der Waals surface area contributed by atoms with Gasteiger partial charge < -0.3 is 14.8 Å². The molecule has 0 spiro atoms. The highest BCUT2D eigenvalue weighted by Crippen LogP contribution is 2.36. The number of benzene rings is 1. The minimum atomic E-state index is -0.160. The van der Waals surface area contributed by atoms with Gasteiger partial charge in [0.25, 0.3) is 0 Å². The lowest BCUT2D eigenvalue weighted by Gasteiger charge is -2.00. The van der Waals surface area contributed by atoms with Crippen LogP contribution in [0.3, 0.4) is 0 Å². The van der Waals surface area contributed by atoms with Crippen molar-refractivity contribution in [2.75, 3.05) is 23.6 Å². The molecule has 0 saturated carbocycles. The number of nitrogens with one attached hydrogen (secondary N) is 1. The monoisotopic (exact) mass is 333 g/mol. The first-order chi connectivity index (χ1) is 10.8. The summed E-state index contributed by atoms with van der Waals surface area (Å²) in [5.41, 5.74) is 1.67. The first-order valence-corrected chi connectivity index (χ1v) is 8.40. The number of nitrogens with zero attached hydrogens (tertiary/aromatic N) is 2. The van der Waals surface area contributed by atoms with E-state index in [0.29, 0.717) is 16.6 Å². The van der Waals surface area contributed by atoms with Gasteiger partial charge in [0.05, 0.1) is 23.3 Å². The quantitative estimate of drug-likeness (QED) is 0.847. The molecular formula is C14H11N3O3S2. The Morgan fingerprint density at radius 1 is 1.45 bits per heavy atom. The van der Waals surface area contributed by atoms with Gasteiger partial charge in [-0.25, -0.2) is 4.98 Å². The topological polar surface area (TPSA) is 84.2 Å². The molecule has 112 valence electrons. The standard InChI is InChI=1S/C14H11N3O3S2/c15-3-4-21-7-13(18)17-14-16-10(6-22-14)9-1-2-11-12(5-9)20-8-19-11/h1-2,5-6H,4,7-8H2,(H,16,17,18). The number of nitriles is 1. The normalized spacial score (nSPS) is 12.0. The lowest BCUT2D eigenvalue weighted by atomic mass is 10.1. The third-order valence-electron chi connectivity index (χ3n) is 2.82. The summed E-state index contributed by atoms with van der Waals surface area (Å²) in [5, 5.41) is 13.6. The van der Waals surface area contributed by atoms with Crippen molar-refractivity contribution in [2.45, 2.75) is 0 Å². The summed E-state index contributed by atoms with van der Waals surface area (Å²) >= 11 is 2.63. The van der Waals surface area contributed by atoms with Crippen molar-refractivity contribution in [3.05, 3.63) is 23.6 Å². The van der Waals surface area contributed by atoms with Gasteiger partial charge in [0.2, 0.25) is 12.7 Å². The molecule has 1 amide bonds. The molecule has 1 N–H and O–H groups in total. The van der Waals surface area contributed by atoms with Gasteiger partial charge in [0, 0.05) is 10.9 Å². The van der Waals surface area contributed by atoms with Crippen molar-refractivity contribution in [1.82, 2.24) is 4.98 Å². The highest BCUT2D eigenvalue weighted by atomic mass is 32.2. The number of aromatic nitrogens is 1. The van der Waals surface area contributed by atoms with Crippen LogP contribution in [-0.2, 0) is 4.79 Å². The van der Waals surface area contributed by atoms with Gasteiger partial charge in [0.1, 0.15) is 0 Å². The molecule has 1 aromatic heterocycles. The van der Waals surface area contributed by atoms with E-state index in [-0.39, 0.29) is 18.5 Å². The summed E-state index contributed by atoms with van der Waals surface area (Å²) in [7, 11) is 0. The van der Waals surface area contributed by atoms with Gasteiger partial charge in [-0.2, -0.15) is 5.26 Å². The Morgan fingerprint density at radius 2 is 2.32 bits per heavy atom. The summed E-state index contributed by atoms with van der Waals surface area (Å²) in [5.74, 6) is 1.80. The minimum Gasteiger partial charge on any atom is -0.454 e. The van der Waals surface area contributed by atoms with Crippen LogP contribution >= 0.6 is 23.1 Å². The molecule has 0 atom stereocenters. The first-order valence-electron chi connectivity index (χ1n) is 6.36. The van der Waals surface area contributed by atoms with Crippen LogP contribution in [0.2, 0.25) is 0 Å². The number of fused-ring (bicyclic) bond motifs is 1. The predicted octanol–water partition coefficient (Wildman–Crippen LogP) is 2.73. The van der Waals surface area contributed by atoms with E-state index in [2.05, 4.69) is 10.3 Å². The number of carbonyl (C=O) groups excluding carboxylic acids is 1. The number of rotatable bonds is 5. The fourth-order valence-electron chi connectivity index (χ4n) is 1.86. The molecule has 6 nitrogen and oxygen atoms in total. The largest absolute Gasteiger partial charge is 0.454 e. The van der Waals surface area contributed by atoms with E-state index >= 15 is 0 Å². The second kappa shape index (κ2) is 6.68. The Labute approximate surface area is 135 Å². The van der Waals surface area contributed by atoms with Gasteiger partial charge in [-0.15, -0.1) is 23.1 Å². The third kappa shape index (κ3) is 3.32. The molecule has 2 heterocycles. The fourth-order valence-corrected chi connectivity index (χ4v) is 3.05. The second-order valence-electron chi connectivity index (χ2n) is 4.31. The Morgan fingerprint density at radius 3 is 3.18 bits per heavy atom. The van der Waals surface area contributed by atoms with Gasteiger partial charge in [-0.3, -0.25) is 4.79 Å². The predicted molar refractivity (Wildman–Crippen MR) is 85.2 cm³/mol. The van der Waals surface area contributed by atoms with Crippen LogP contribution in [0, 0.1) is 11.3 Å². The Bertz CT molecular complexity index is 739. The smallest absolute Gasteiger partial charge is 0.236 e. The summed E-state index contributed by atoms with van der Waals surface area (Å²) < 4.78 is 10.6. The number of hydrogen-bond donors (Lipinski definition) is 1. The number of carbonyl (C=O) groups is 1. The Balaban J connectivity index is 1.66. The van der Waals surface area contributed by atoms with E-state index in [9.17, 15) is 4.79 Å². The average molecular weight is 333 g/mol. The minimum absolute atomic E-state index is 0.160. The van der Waals surface area contributed by atoms with E-state index in [1.54, 1.807) is 0 Å². The Hall–Kier alpha value is -2.24. The average Bonchev–Trinajstić information content (AvgIpc) is 3.15. The lowest BCUT2D eigenvalue weighted by molar-refractivity contribution is -0.113. The summed E-state index contributed by atoms with van der Waals surface area (Å²) in [6.07, 6.45) is 0. The Kier molecular flexibility index (Phi) is 4.46. The SMILES string of the molecule is N#CCSCC(=O)Nc1nc(-c2ccc3c(c2)OCO3)cs1. The zero-order valence-corrected chi connectivity index (χ0v) is 13.0. The van der Waals surface area contributed by atoms with E-state index < -0.39 is 0 Å². The van der Waals surface area contributed by atoms with Crippen LogP contribution in [0.1, 0.15) is 0 Å². The molecule has 8 heteroatoms. The molecule has 2 aromatic rings. The molecule has 22 heavy (non-hydrogen) atoms. The molecule has 0 radical (unpaired) electrons. The number of hydrogen-bond acceptors (Lipinski definition) is 7. The fraction of sp³-hybridized carbons (Fsp3) is 0.214. The van der Waals surface area contributed by atoms with Crippen LogP contribution in [0.15, 0.2) is 23.6 Å². The zero-order chi connectivity index (χ0) is 15.4. The van der Waals surface area contributed by atoms with Crippen molar-refractivity contribution in [3.63, 3.8) is 0 Å². The maximum Gasteiger partial charge on any atom is 0.236 e. The molecule has 3 rings (SSSR count). The van der Waals surface area contributed by atoms with Gasteiger partial charge in [-0.05, 0) is 18.2 Å². The maximum absolute atomic E-state index is 11.7. The lowest BCUT2D eigenvalue weighted by Crippen LogP contribution is -2.14.